The lowest BCUT2D eigenvalue weighted by Gasteiger charge is -2.39. The lowest BCUT2D eigenvalue weighted by Crippen LogP contribution is -2.45. The minimum atomic E-state index is -0.211. The molecular formula is C12H27NO2. The summed E-state index contributed by atoms with van der Waals surface area (Å²) in [5.41, 5.74) is -0.261. The topological polar surface area (TPSA) is 32.7 Å². The molecule has 0 radical (unpaired) electrons. The number of nitrogens with zero attached hydrogens (tertiary/aromatic N) is 1. The molecule has 0 saturated carbocycles. The third kappa shape index (κ3) is 6.13. The van der Waals surface area contributed by atoms with Gasteiger partial charge in [-0.15, -0.1) is 0 Å². The van der Waals surface area contributed by atoms with Crippen molar-refractivity contribution in [2.75, 3.05) is 27.2 Å². The minimum absolute atomic E-state index is 0.0501. The van der Waals surface area contributed by atoms with Crippen molar-refractivity contribution in [3.63, 3.8) is 0 Å². The maximum Gasteiger partial charge on any atom is 0.0875 e. The predicted molar refractivity (Wildman–Crippen MR) is 64.0 cm³/mol. The van der Waals surface area contributed by atoms with Gasteiger partial charge in [0.25, 0.3) is 0 Å². The maximum absolute atomic E-state index is 9.39. The van der Waals surface area contributed by atoms with Crippen LogP contribution in [0.25, 0.3) is 0 Å². The third-order valence-electron chi connectivity index (χ3n) is 2.26. The largest absolute Gasteiger partial charge is 0.394 e. The molecule has 0 rings (SSSR count). The van der Waals surface area contributed by atoms with Crippen LogP contribution in [0.15, 0.2) is 0 Å². The van der Waals surface area contributed by atoms with Gasteiger partial charge < -0.3 is 14.7 Å². The second-order valence-corrected chi connectivity index (χ2v) is 6.13. The van der Waals surface area contributed by atoms with Crippen LogP contribution in [0, 0.1) is 5.41 Å². The minimum Gasteiger partial charge on any atom is -0.394 e. The lowest BCUT2D eigenvalue weighted by molar-refractivity contribution is -0.131. The van der Waals surface area contributed by atoms with E-state index in [1.807, 2.05) is 34.9 Å². The Balaban J connectivity index is 4.50. The van der Waals surface area contributed by atoms with E-state index in [1.165, 1.54) is 0 Å². The number of hydrogen-bond acceptors (Lipinski definition) is 3. The summed E-state index contributed by atoms with van der Waals surface area (Å²) >= 11 is 0. The van der Waals surface area contributed by atoms with Gasteiger partial charge in [-0.1, -0.05) is 13.8 Å². The lowest BCUT2D eigenvalue weighted by atomic mass is 9.85. The van der Waals surface area contributed by atoms with Crippen molar-refractivity contribution in [3.05, 3.63) is 0 Å². The second-order valence-electron chi connectivity index (χ2n) is 6.13. The molecule has 0 heterocycles. The molecule has 1 N–H and O–H groups in total. The summed E-state index contributed by atoms with van der Waals surface area (Å²) in [4.78, 5) is 2.12. The molecule has 15 heavy (non-hydrogen) atoms. The first-order chi connectivity index (χ1) is 6.58. The highest BCUT2D eigenvalue weighted by Crippen LogP contribution is 2.27. The fourth-order valence-electron chi connectivity index (χ4n) is 1.79. The average molecular weight is 217 g/mol. The van der Waals surface area contributed by atoms with Crippen molar-refractivity contribution in [1.29, 1.82) is 0 Å². The van der Waals surface area contributed by atoms with E-state index in [4.69, 9.17) is 4.74 Å². The Labute approximate surface area is 94.4 Å². The Morgan fingerprint density at radius 2 is 1.60 bits per heavy atom. The zero-order valence-electron chi connectivity index (χ0n) is 11.3. The fraction of sp³-hybridized carbons (Fsp3) is 1.00. The Morgan fingerprint density at radius 1 is 1.13 bits per heavy atom. The van der Waals surface area contributed by atoms with E-state index in [0.29, 0.717) is 0 Å². The first kappa shape index (κ1) is 14.9. The molecule has 0 aromatic rings. The Morgan fingerprint density at radius 3 is 1.87 bits per heavy atom. The van der Waals surface area contributed by atoms with Crippen molar-refractivity contribution in [2.45, 2.75) is 46.3 Å². The van der Waals surface area contributed by atoms with E-state index >= 15 is 0 Å². The van der Waals surface area contributed by atoms with Crippen LogP contribution in [-0.2, 0) is 4.74 Å². The van der Waals surface area contributed by atoms with Crippen molar-refractivity contribution in [3.8, 4) is 0 Å². The van der Waals surface area contributed by atoms with Gasteiger partial charge in [-0.2, -0.15) is 0 Å². The van der Waals surface area contributed by atoms with E-state index < -0.39 is 0 Å². The van der Waals surface area contributed by atoms with Crippen LogP contribution in [0.4, 0.5) is 0 Å². The highest BCUT2D eigenvalue weighted by Gasteiger charge is 2.33. The SMILES string of the molecule is CN(C)CC(C)(C)C(CO)OC(C)(C)C. The van der Waals surface area contributed by atoms with E-state index in [2.05, 4.69) is 18.7 Å². The van der Waals surface area contributed by atoms with Gasteiger partial charge in [0.1, 0.15) is 0 Å². The quantitative estimate of drug-likeness (QED) is 0.761. The second kappa shape index (κ2) is 5.28. The maximum atomic E-state index is 9.39. The van der Waals surface area contributed by atoms with Crippen molar-refractivity contribution < 1.29 is 9.84 Å². The molecule has 0 spiro atoms. The normalized spacial score (nSPS) is 15.8. The Bertz CT molecular complexity index is 183. The van der Waals surface area contributed by atoms with E-state index in [9.17, 15) is 5.11 Å². The molecule has 0 aromatic heterocycles. The fourth-order valence-corrected chi connectivity index (χ4v) is 1.79. The Kier molecular flexibility index (Phi) is 5.24. The molecule has 0 aliphatic rings. The first-order valence-corrected chi connectivity index (χ1v) is 5.52. The van der Waals surface area contributed by atoms with Gasteiger partial charge >= 0.3 is 0 Å². The molecule has 1 atom stereocenters. The standard InChI is InChI=1S/C12H27NO2/c1-11(2,3)15-10(8-14)12(4,5)9-13(6)7/h10,14H,8-9H2,1-7H3. The van der Waals surface area contributed by atoms with Gasteiger partial charge in [-0.05, 0) is 34.9 Å². The summed E-state index contributed by atoms with van der Waals surface area (Å²) in [7, 11) is 4.07. The summed E-state index contributed by atoms with van der Waals surface area (Å²) < 4.78 is 5.88. The zero-order chi connectivity index (χ0) is 12.3. The molecule has 0 amide bonds. The summed E-state index contributed by atoms with van der Waals surface area (Å²) in [6.45, 7) is 11.3. The van der Waals surface area contributed by atoms with E-state index in [1.54, 1.807) is 0 Å². The smallest absolute Gasteiger partial charge is 0.0875 e. The van der Waals surface area contributed by atoms with Gasteiger partial charge in [0, 0.05) is 12.0 Å². The molecule has 0 fully saturated rings. The van der Waals surface area contributed by atoms with Crippen molar-refractivity contribution in [1.82, 2.24) is 4.90 Å². The summed E-state index contributed by atoms with van der Waals surface area (Å²) in [6, 6.07) is 0. The molecular weight excluding hydrogens is 190 g/mol. The predicted octanol–water partition coefficient (Wildman–Crippen LogP) is 1.75. The van der Waals surface area contributed by atoms with Gasteiger partial charge in [-0.25, -0.2) is 0 Å². The van der Waals surface area contributed by atoms with Crippen LogP contribution in [0.3, 0.4) is 0 Å². The van der Waals surface area contributed by atoms with Gasteiger partial charge in [0.2, 0.25) is 0 Å². The molecule has 0 bridgehead atoms. The summed E-state index contributed by atoms with van der Waals surface area (Å²) in [5, 5.41) is 9.39. The molecule has 0 saturated heterocycles. The van der Waals surface area contributed by atoms with Crippen molar-refractivity contribution in [2.24, 2.45) is 5.41 Å². The van der Waals surface area contributed by atoms with Crippen LogP contribution < -0.4 is 0 Å². The van der Waals surface area contributed by atoms with Crippen molar-refractivity contribution >= 4 is 0 Å². The monoisotopic (exact) mass is 217 g/mol. The van der Waals surface area contributed by atoms with Gasteiger partial charge in [0.05, 0.1) is 18.3 Å². The number of hydrogen-bond donors (Lipinski definition) is 1. The summed E-state index contributed by atoms with van der Waals surface area (Å²) in [5.74, 6) is 0. The van der Waals surface area contributed by atoms with Gasteiger partial charge in [0.15, 0.2) is 0 Å². The zero-order valence-corrected chi connectivity index (χ0v) is 11.3. The molecule has 3 heteroatoms. The average Bonchev–Trinajstić information content (AvgIpc) is 1.95. The highest BCUT2D eigenvalue weighted by molar-refractivity contribution is 4.83. The Hall–Kier alpha value is -0.120. The summed E-state index contributed by atoms with van der Waals surface area (Å²) in [6.07, 6.45) is -0.125. The highest BCUT2D eigenvalue weighted by atomic mass is 16.5. The van der Waals surface area contributed by atoms with Gasteiger partial charge in [-0.3, -0.25) is 0 Å². The molecule has 0 aliphatic heterocycles. The van der Waals surface area contributed by atoms with Crippen LogP contribution in [0.2, 0.25) is 0 Å². The van der Waals surface area contributed by atoms with E-state index in [0.717, 1.165) is 6.54 Å². The number of rotatable bonds is 5. The third-order valence-corrected chi connectivity index (χ3v) is 2.26. The number of aliphatic hydroxyl groups is 1. The molecule has 0 aromatic carbocycles. The van der Waals surface area contributed by atoms with Crippen LogP contribution >= 0.6 is 0 Å². The molecule has 3 nitrogen and oxygen atoms in total. The number of ether oxygens (including phenoxy) is 1. The first-order valence-electron chi connectivity index (χ1n) is 5.52. The van der Waals surface area contributed by atoms with E-state index in [-0.39, 0.29) is 23.7 Å². The number of aliphatic hydroxyl groups excluding tert-OH is 1. The molecule has 92 valence electrons. The molecule has 0 aliphatic carbocycles. The van der Waals surface area contributed by atoms with Crippen LogP contribution in [-0.4, -0.2) is 49.0 Å². The van der Waals surface area contributed by atoms with Crippen LogP contribution in [0.1, 0.15) is 34.6 Å². The van der Waals surface area contributed by atoms with Crippen LogP contribution in [0.5, 0.6) is 0 Å². The molecule has 1 unspecified atom stereocenters.